The number of ether oxygens (including phenoxy) is 1. The van der Waals surface area contributed by atoms with Crippen LogP contribution < -0.4 is 20.5 Å². The molecular weight excluding hydrogens is 444 g/mol. The summed E-state index contributed by atoms with van der Waals surface area (Å²) in [5.74, 6) is 1.42. The number of carbonyl (C=O) groups is 1. The van der Waals surface area contributed by atoms with Gasteiger partial charge in [-0.1, -0.05) is 25.1 Å². The maximum absolute atomic E-state index is 13.2. The molecule has 8 nitrogen and oxygen atoms in total. The van der Waals surface area contributed by atoms with Gasteiger partial charge in [0.15, 0.2) is 6.10 Å². The highest BCUT2D eigenvalue weighted by Gasteiger charge is 2.23. The summed E-state index contributed by atoms with van der Waals surface area (Å²) in [6.45, 7) is 4.97. The van der Waals surface area contributed by atoms with Gasteiger partial charge in [0.05, 0.1) is 5.39 Å². The van der Waals surface area contributed by atoms with Gasteiger partial charge in [0, 0.05) is 30.5 Å². The highest BCUT2D eigenvalue weighted by molar-refractivity contribution is 5.99. The maximum Gasteiger partial charge on any atom is 0.265 e. The normalized spacial score (nSPS) is 15.9. The van der Waals surface area contributed by atoms with E-state index in [1.807, 2.05) is 50.2 Å². The van der Waals surface area contributed by atoms with Crippen molar-refractivity contribution in [2.75, 3.05) is 23.9 Å². The number of carbonyl (C=O) groups excluding carboxylic acids is 1. The first-order chi connectivity index (χ1) is 16.9. The molecule has 2 N–H and O–H groups in total. The second-order valence-electron chi connectivity index (χ2n) is 9.13. The number of nitrogens with zero attached hydrogens (tertiary/aromatic N) is 2. The second-order valence-corrected chi connectivity index (χ2v) is 9.13. The van der Waals surface area contributed by atoms with Crippen molar-refractivity contribution < 1.29 is 14.4 Å². The Morgan fingerprint density at radius 3 is 2.69 bits per heavy atom. The number of aromatic amines is 1. The molecule has 4 rings (SSSR count). The Hall–Kier alpha value is -3.81. The third-order valence-electron chi connectivity index (χ3n) is 5.99. The molecule has 0 bridgehead atoms. The van der Waals surface area contributed by atoms with Gasteiger partial charge in [0.2, 0.25) is 0 Å². The van der Waals surface area contributed by atoms with Crippen LogP contribution in [-0.4, -0.2) is 36.5 Å². The number of H-pyrrole nitrogens is 1. The Balaban J connectivity index is 1.48. The number of anilines is 2. The molecule has 1 aromatic heterocycles. The van der Waals surface area contributed by atoms with E-state index in [0.29, 0.717) is 23.2 Å². The third-order valence-corrected chi connectivity index (χ3v) is 5.99. The van der Waals surface area contributed by atoms with Gasteiger partial charge in [0.25, 0.3) is 11.5 Å². The fourth-order valence-electron chi connectivity index (χ4n) is 4.28. The van der Waals surface area contributed by atoms with Crippen molar-refractivity contribution in [1.29, 1.82) is 0 Å². The van der Waals surface area contributed by atoms with Gasteiger partial charge in [-0.2, -0.15) is 0 Å². The van der Waals surface area contributed by atoms with Crippen LogP contribution in [0.2, 0.25) is 0 Å². The molecule has 2 aromatic carbocycles. The summed E-state index contributed by atoms with van der Waals surface area (Å²) in [5.41, 5.74) is 1.51. The first-order valence-electron chi connectivity index (χ1n) is 12.0. The average molecular weight is 477 g/mol. The molecule has 0 unspecified atom stereocenters. The number of fused-ring (bicyclic) bond motifs is 1. The number of oxime groups is 1. The number of hydrogen-bond donors (Lipinski definition) is 2. The van der Waals surface area contributed by atoms with E-state index < -0.39 is 6.10 Å². The van der Waals surface area contributed by atoms with E-state index in [1.54, 1.807) is 25.4 Å². The predicted molar refractivity (Wildman–Crippen MR) is 139 cm³/mol. The van der Waals surface area contributed by atoms with Crippen molar-refractivity contribution in [1.82, 2.24) is 4.98 Å². The standard InChI is InChI=1S/C27H32N4O4/c1-18(2)16-24(35-22-12-7-19-13-14-28-26(32)23(19)17-22)27(33)29-20-8-10-21(11-9-20)31-15-5-4-6-25(31)30-34-3/h7-14,17-18,24H,4-6,15-16H2,1-3H3,(H,28,32)(H,29,33)/b30-25+/t24-/m0/s1. The van der Waals surface area contributed by atoms with Gasteiger partial charge in [0.1, 0.15) is 18.7 Å². The molecule has 1 aliphatic rings. The van der Waals surface area contributed by atoms with E-state index in [1.165, 1.54) is 0 Å². The van der Waals surface area contributed by atoms with Crippen LogP contribution in [0.3, 0.4) is 0 Å². The largest absolute Gasteiger partial charge is 0.481 e. The lowest BCUT2D eigenvalue weighted by atomic mass is 10.0. The molecule has 0 saturated carbocycles. The van der Waals surface area contributed by atoms with Crippen molar-refractivity contribution in [3.63, 3.8) is 0 Å². The minimum absolute atomic E-state index is 0.190. The second kappa shape index (κ2) is 11.1. The first kappa shape index (κ1) is 24.3. The molecule has 0 spiro atoms. The zero-order chi connectivity index (χ0) is 24.8. The fourth-order valence-corrected chi connectivity index (χ4v) is 4.28. The summed E-state index contributed by atoms with van der Waals surface area (Å²) in [6.07, 6.45) is 4.52. The number of amides is 1. The highest BCUT2D eigenvalue weighted by atomic mass is 16.6. The molecule has 1 amide bonds. The smallest absolute Gasteiger partial charge is 0.265 e. The van der Waals surface area contributed by atoms with Crippen molar-refractivity contribution in [3.05, 3.63) is 65.1 Å². The molecule has 0 aliphatic carbocycles. The molecule has 35 heavy (non-hydrogen) atoms. The molecule has 2 heterocycles. The van der Waals surface area contributed by atoms with Crippen LogP contribution in [0.4, 0.5) is 11.4 Å². The minimum Gasteiger partial charge on any atom is -0.481 e. The molecule has 1 atom stereocenters. The van der Waals surface area contributed by atoms with Gasteiger partial charge in [-0.25, -0.2) is 0 Å². The first-order valence-corrected chi connectivity index (χ1v) is 12.0. The van der Waals surface area contributed by atoms with Crippen LogP contribution in [0.1, 0.15) is 39.5 Å². The number of amidine groups is 1. The van der Waals surface area contributed by atoms with E-state index >= 15 is 0 Å². The molecule has 1 saturated heterocycles. The number of nitrogens with one attached hydrogen (secondary N) is 2. The number of rotatable bonds is 8. The molecule has 184 valence electrons. The number of piperidine rings is 1. The van der Waals surface area contributed by atoms with E-state index in [-0.39, 0.29) is 17.4 Å². The van der Waals surface area contributed by atoms with Crippen molar-refractivity contribution in [3.8, 4) is 5.75 Å². The van der Waals surface area contributed by atoms with Gasteiger partial charge in [-0.05, 0) is 73.0 Å². The van der Waals surface area contributed by atoms with Crippen molar-refractivity contribution in [2.45, 2.75) is 45.6 Å². The molecule has 0 radical (unpaired) electrons. The minimum atomic E-state index is -0.697. The molecule has 1 aliphatic heterocycles. The van der Waals surface area contributed by atoms with Crippen molar-refractivity contribution in [2.24, 2.45) is 11.1 Å². The van der Waals surface area contributed by atoms with Crippen molar-refractivity contribution >= 4 is 33.9 Å². The highest BCUT2D eigenvalue weighted by Crippen LogP contribution is 2.25. The van der Waals surface area contributed by atoms with Crippen LogP contribution in [0.15, 0.2) is 64.7 Å². The molecule has 3 aromatic rings. The number of pyridine rings is 1. The predicted octanol–water partition coefficient (Wildman–Crippen LogP) is 4.91. The zero-order valence-electron chi connectivity index (χ0n) is 20.4. The van der Waals surface area contributed by atoms with Gasteiger partial charge in [-0.3, -0.25) is 9.59 Å². The maximum atomic E-state index is 13.2. The molecule has 8 heteroatoms. The van der Waals surface area contributed by atoms with E-state index in [2.05, 4.69) is 20.4 Å². The Morgan fingerprint density at radius 1 is 1.14 bits per heavy atom. The van der Waals surface area contributed by atoms with E-state index in [0.717, 1.165) is 42.7 Å². The zero-order valence-corrected chi connectivity index (χ0v) is 20.4. The lowest BCUT2D eigenvalue weighted by Gasteiger charge is -2.29. The molecular formula is C27H32N4O4. The van der Waals surface area contributed by atoms with Crippen LogP contribution in [0.25, 0.3) is 10.8 Å². The monoisotopic (exact) mass is 476 g/mol. The van der Waals surface area contributed by atoms with Gasteiger partial charge >= 0.3 is 0 Å². The lowest BCUT2D eigenvalue weighted by molar-refractivity contribution is -0.123. The summed E-state index contributed by atoms with van der Waals surface area (Å²) in [4.78, 5) is 35.1. The lowest BCUT2D eigenvalue weighted by Crippen LogP contribution is -2.35. The number of aromatic nitrogens is 1. The van der Waals surface area contributed by atoms with E-state index in [9.17, 15) is 9.59 Å². The Labute approximate surface area is 204 Å². The van der Waals surface area contributed by atoms with Crippen LogP contribution in [0, 0.1) is 5.92 Å². The third kappa shape index (κ3) is 6.01. The van der Waals surface area contributed by atoms with Gasteiger partial charge < -0.3 is 24.8 Å². The number of hydrogen-bond acceptors (Lipinski definition) is 5. The quantitative estimate of drug-likeness (QED) is 0.451. The average Bonchev–Trinajstić information content (AvgIpc) is 2.85. The topological polar surface area (TPSA) is 96.0 Å². The Morgan fingerprint density at radius 2 is 1.94 bits per heavy atom. The molecule has 1 fully saturated rings. The van der Waals surface area contributed by atoms with Crippen LogP contribution >= 0.6 is 0 Å². The fraction of sp³-hybridized carbons (Fsp3) is 0.370. The SMILES string of the molecule is CO/N=C1\CCCCN1c1ccc(NC(=O)[C@H](CC(C)C)Oc2ccc3cc[nH]c(=O)c3c2)cc1. The summed E-state index contributed by atoms with van der Waals surface area (Å²) >= 11 is 0. The summed E-state index contributed by atoms with van der Waals surface area (Å²) in [7, 11) is 1.56. The van der Waals surface area contributed by atoms with Crippen LogP contribution in [0.5, 0.6) is 5.75 Å². The summed E-state index contributed by atoms with van der Waals surface area (Å²) in [5, 5.41) is 8.48. The summed E-state index contributed by atoms with van der Waals surface area (Å²) < 4.78 is 6.08. The van der Waals surface area contributed by atoms with E-state index in [4.69, 9.17) is 9.57 Å². The van der Waals surface area contributed by atoms with Crippen LogP contribution in [-0.2, 0) is 9.63 Å². The Bertz CT molecular complexity index is 1250. The number of benzene rings is 2. The summed E-state index contributed by atoms with van der Waals surface area (Å²) in [6, 6.07) is 14.8. The Kier molecular flexibility index (Phi) is 7.70. The van der Waals surface area contributed by atoms with Gasteiger partial charge in [-0.15, -0.1) is 0 Å².